The van der Waals surface area contributed by atoms with Crippen LogP contribution < -0.4 is 11.1 Å². The second kappa shape index (κ2) is 6.99. The van der Waals surface area contributed by atoms with E-state index in [4.69, 9.17) is 9.15 Å². The van der Waals surface area contributed by atoms with Crippen LogP contribution in [0.4, 0.5) is 4.79 Å². The molecule has 1 aromatic carbocycles. The van der Waals surface area contributed by atoms with E-state index in [1.807, 2.05) is 0 Å². The zero-order chi connectivity index (χ0) is 17.8. The topological polar surface area (TPSA) is 124 Å². The summed E-state index contributed by atoms with van der Waals surface area (Å²) in [7, 11) is 0. The maximum absolute atomic E-state index is 11.8. The lowest BCUT2D eigenvalue weighted by Gasteiger charge is -2.11. The summed E-state index contributed by atoms with van der Waals surface area (Å²) >= 11 is 0. The molecule has 0 unspecified atom stereocenters. The van der Waals surface area contributed by atoms with Crippen LogP contribution in [0.5, 0.6) is 0 Å². The maximum Gasteiger partial charge on any atom is 0.437 e. The number of aromatic nitrogens is 2. The molecule has 2 heterocycles. The number of nitrogens with zero attached hydrogens (tertiary/aromatic N) is 3. The third kappa shape index (κ3) is 3.74. The molecule has 0 spiro atoms. The monoisotopic (exact) mass is 346 g/mol. The molecule has 1 aliphatic heterocycles. The van der Waals surface area contributed by atoms with Gasteiger partial charge in [0, 0.05) is 18.7 Å². The predicted octanol–water partition coefficient (Wildman–Crippen LogP) is -0.402. The van der Waals surface area contributed by atoms with Crippen LogP contribution in [0.1, 0.15) is 0 Å². The van der Waals surface area contributed by atoms with E-state index in [1.54, 1.807) is 30.3 Å². The van der Waals surface area contributed by atoms with Crippen LogP contribution in [0, 0.1) is 0 Å². The fraction of sp³-hybridized carbons (Fsp3) is 0.267. The van der Waals surface area contributed by atoms with Crippen molar-refractivity contribution < 1.29 is 23.5 Å². The molecule has 0 bridgehead atoms. The smallest absolute Gasteiger partial charge is 0.437 e. The van der Waals surface area contributed by atoms with Crippen molar-refractivity contribution in [3.05, 3.63) is 40.9 Å². The van der Waals surface area contributed by atoms with E-state index >= 15 is 0 Å². The third-order valence-corrected chi connectivity index (χ3v) is 3.42. The molecule has 1 N–H and O–H groups in total. The van der Waals surface area contributed by atoms with Crippen LogP contribution in [-0.2, 0) is 20.9 Å². The van der Waals surface area contributed by atoms with Crippen molar-refractivity contribution in [1.29, 1.82) is 0 Å². The minimum Gasteiger partial charge on any atom is -0.454 e. The summed E-state index contributed by atoms with van der Waals surface area (Å²) in [6.07, 6.45) is 0. The van der Waals surface area contributed by atoms with Crippen LogP contribution in [0.3, 0.4) is 0 Å². The van der Waals surface area contributed by atoms with Crippen LogP contribution >= 0.6 is 0 Å². The fourth-order valence-corrected chi connectivity index (χ4v) is 2.20. The van der Waals surface area contributed by atoms with Gasteiger partial charge in [0.1, 0.15) is 6.54 Å². The molecule has 1 aliphatic rings. The zero-order valence-corrected chi connectivity index (χ0v) is 13.0. The molecule has 1 fully saturated rings. The van der Waals surface area contributed by atoms with Gasteiger partial charge in [-0.05, 0) is 12.1 Å². The largest absolute Gasteiger partial charge is 0.454 e. The number of ether oxygens (including phenoxy) is 1. The van der Waals surface area contributed by atoms with Gasteiger partial charge in [-0.15, -0.1) is 5.10 Å². The van der Waals surface area contributed by atoms with Crippen LogP contribution in [0.15, 0.2) is 39.5 Å². The van der Waals surface area contributed by atoms with Crippen LogP contribution in [-0.4, -0.2) is 52.3 Å². The molecule has 1 aromatic heterocycles. The first-order chi connectivity index (χ1) is 12.0. The van der Waals surface area contributed by atoms with Crippen molar-refractivity contribution in [3.63, 3.8) is 0 Å². The van der Waals surface area contributed by atoms with Gasteiger partial charge in [0.25, 0.3) is 5.91 Å². The lowest BCUT2D eigenvalue weighted by atomic mass is 10.2. The Balaban J connectivity index is 1.58. The molecule has 25 heavy (non-hydrogen) atoms. The molecule has 130 valence electrons. The Kier molecular flexibility index (Phi) is 4.59. The number of nitrogens with one attached hydrogen (secondary N) is 1. The second-order valence-electron chi connectivity index (χ2n) is 5.13. The normalized spacial score (nSPS) is 13.6. The minimum absolute atomic E-state index is 0.0724. The molecule has 2 aromatic rings. The minimum atomic E-state index is -0.844. The van der Waals surface area contributed by atoms with Crippen molar-refractivity contribution in [2.45, 2.75) is 6.54 Å². The van der Waals surface area contributed by atoms with Gasteiger partial charge >= 0.3 is 17.8 Å². The van der Waals surface area contributed by atoms with Crippen molar-refractivity contribution >= 4 is 17.9 Å². The first kappa shape index (κ1) is 16.4. The van der Waals surface area contributed by atoms with E-state index in [2.05, 4.69) is 10.4 Å². The van der Waals surface area contributed by atoms with Crippen molar-refractivity contribution in [1.82, 2.24) is 20.0 Å². The molecule has 3 amide bonds. The van der Waals surface area contributed by atoms with Gasteiger partial charge in [0.15, 0.2) is 6.61 Å². The number of imide groups is 1. The molecule has 0 radical (unpaired) electrons. The molecule has 0 saturated carbocycles. The van der Waals surface area contributed by atoms with E-state index in [0.717, 1.165) is 9.58 Å². The zero-order valence-electron chi connectivity index (χ0n) is 13.0. The summed E-state index contributed by atoms with van der Waals surface area (Å²) < 4.78 is 10.6. The third-order valence-electron chi connectivity index (χ3n) is 3.42. The number of amides is 3. The standard InChI is InChI=1S/C15H14N4O6/c20-11(18-7-6-16-14(18)22)9-24-12(21)8-19-15(23)25-13(17-19)10-4-2-1-3-5-10/h1-5H,6-9H2,(H,16,22). The van der Waals surface area contributed by atoms with Gasteiger partial charge in [-0.2, -0.15) is 4.68 Å². The number of carbonyl (C=O) groups is 3. The molecule has 10 heteroatoms. The average molecular weight is 346 g/mol. The number of hydrogen-bond donors (Lipinski definition) is 1. The summed E-state index contributed by atoms with van der Waals surface area (Å²) in [5.41, 5.74) is 0.585. The number of hydrogen-bond acceptors (Lipinski definition) is 7. The Labute approximate surface area is 141 Å². The quantitative estimate of drug-likeness (QED) is 0.730. The molecule has 0 aliphatic carbocycles. The Morgan fingerprint density at radius 3 is 2.68 bits per heavy atom. The average Bonchev–Trinajstić information content (AvgIpc) is 3.20. The van der Waals surface area contributed by atoms with Crippen LogP contribution in [0.2, 0.25) is 0 Å². The van der Waals surface area contributed by atoms with Crippen molar-refractivity contribution in [2.24, 2.45) is 0 Å². The molecule has 1 saturated heterocycles. The number of carbonyl (C=O) groups excluding carboxylic acids is 3. The van der Waals surface area contributed by atoms with E-state index in [9.17, 15) is 19.2 Å². The summed E-state index contributed by atoms with van der Waals surface area (Å²) in [6, 6.07) is 8.18. The van der Waals surface area contributed by atoms with Gasteiger partial charge in [0.05, 0.1) is 0 Å². The number of esters is 1. The first-order valence-corrected chi connectivity index (χ1v) is 7.42. The van der Waals surface area contributed by atoms with Gasteiger partial charge in [-0.25, -0.2) is 9.59 Å². The highest BCUT2D eigenvalue weighted by molar-refractivity contribution is 5.96. The second-order valence-corrected chi connectivity index (χ2v) is 5.13. The van der Waals surface area contributed by atoms with Gasteiger partial charge in [-0.1, -0.05) is 18.2 Å². The summed E-state index contributed by atoms with van der Waals surface area (Å²) in [5, 5.41) is 6.38. The van der Waals surface area contributed by atoms with Gasteiger partial charge in [0.2, 0.25) is 5.89 Å². The van der Waals surface area contributed by atoms with Crippen LogP contribution in [0.25, 0.3) is 11.5 Å². The summed E-state index contributed by atoms with van der Waals surface area (Å²) in [4.78, 5) is 47.5. The van der Waals surface area contributed by atoms with E-state index in [1.165, 1.54) is 0 Å². The fourth-order valence-electron chi connectivity index (χ4n) is 2.20. The highest BCUT2D eigenvalue weighted by Crippen LogP contribution is 2.13. The van der Waals surface area contributed by atoms with Gasteiger partial charge < -0.3 is 14.5 Å². The van der Waals surface area contributed by atoms with Crippen molar-refractivity contribution in [3.8, 4) is 11.5 Å². The molecular formula is C15H14N4O6. The Morgan fingerprint density at radius 2 is 2.00 bits per heavy atom. The molecule has 3 rings (SSSR count). The summed E-state index contributed by atoms with van der Waals surface area (Å²) in [6.45, 7) is -0.521. The van der Waals surface area contributed by atoms with Crippen molar-refractivity contribution in [2.75, 3.05) is 19.7 Å². The maximum atomic E-state index is 11.8. The van der Waals surface area contributed by atoms with E-state index in [0.29, 0.717) is 12.1 Å². The molecule has 10 nitrogen and oxygen atoms in total. The highest BCUT2D eigenvalue weighted by Gasteiger charge is 2.27. The lowest BCUT2D eigenvalue weighted by Crippen LogP contribution is -2.37. The predicted molar refractivity (Wildman–Crippen MR) is 82.3 cm³/mol. The molecular weight excluding hydrogens is 332 g/mol. The van der Waals surface area contributed by atoms with Gasteiger partial charge in [-0.3, -0.25) is 14.5 Å². The lowest BCUT2D eigenvalue weighted by molar-refractivity contribution is -0.151. The SMILES string of the molecule is O=C(Cn1nc(-c2ccccc2)oc1=O)OCC(=O)N1CCNC1=O. The number of benzene rings is 1. The van der Waals surface area contributed by atoms with E-state index < -0.39 is 36.8 Å². The Morgan fingerprint density at radius 1 is 1.24 bits per heavy atom. The highest BCUT2D eigenvalue weighted by atomic mass is 16.5. The Hall–Kier alpha value is -3.43. The van der Waals surface area contributed by atoms with E-state index in [-0.39, 0.29) is 12.4 Å². The summed E-state index contributed by atoms with van der Waals surface area (Å²) in [5.74, 6) is -2.23. The Bertz CT molecular complexity index is 856. The first-order valence-electron chi connectivity index (χ1n) is 7.42. The molecule has 0 atom stereocenters. The number of rotatable bonds is 5. The number of urea groups is 1.